The predicted molar refractivity (Wildman–Crippen MR) is 37.4 cm³/mol. The Bertz CT molecular complexity index is 253. The molecule has 0 saturated carbocycles. The minimum absolute atomic E-state index is 0.727. The van der Waals surface area contributed by atoms with E-state index in [1.165, 1.54) is 0 Å². The van der Waals surface area contributed by atoms with Crippen LogP contribution >= 0.6 is 0 Å². The Labute approximate surface area is 85.0 Å². The number of hydrogen-bond donors (Lipinski definition) is 1. The van der Waals surface area contributed by atoms with Crippen molar-refractivity contribution in [1.29, 1.82) is 0 Å². The summed E-state index contributed by atoms with van der Waals surface area (Å²) in [5.74, 6) is -5.70. The molecule has 0 aromatic carbocycles. The minimum atomic E-state index is -6.33. The molecular formula is C7H7F7O2. The van der Waals surface area contributed by atoms with Gasteiger partial charge in [-0.1, -0.05) is 6.92 Å². The molecule has 0 heterocycles. The standard InChI is InChI=1S/C7H7F7O2/c1-2-3(4(15)16)5(8,6(9,10)11)7(12,13)14/h3H,2H2,1H3,(H,15,16). The van der Waals surface area contributed by atoms with E-state index in [2.05, 4.69) is 0 Å². The summed E-state index contributed by atoms with van der Waals surface area (Å²) in [6.45, 7) is 0.727. The zero-order valence-corrected chi connectivity index (χ0v) is 7.79. The Balaban J connectivity index is 5.68. The first-order valence-electron chi connectivity index (χ1n) is 3.94. The van der Waals surface area contributed by atoms with Gasteiger partial charge in [-0.05, 0) is 6.42 Å². The lowest BCUT2D eigenvalue weighted by Gasteiger charge is -2.33. The number of carboxylic acids is 1. The van der Waals surface area contributed by atoms with Gasteiger partial charge in [0.15, 0.2) is 0 Å². The molecule has 0 saturated heterocycles. The lowest BCUT2D eigenvalue weighted by molar-refractivity contribution is -0.355. The Morgan fingerprint density at radius 2 is 1.38 bits per heavy atom. The van der Waals surface area contributed by atoms with E-state index in [1.807, 2.05) is 0 Å². The average Bonchev–Trinajstić information content (AvgIpc) is 1.99. The van der Waals surface area contributed by atoms with Crippen LogP contribution in [0, 0.1) is 5.92 Å². The number of alkyl halides is 7. The van der Waals surface area contributed by atoms with Gasteiger partial charge in [-0.2, -0.15) is 26.3 Å². The molecule has 0 amide bonds. The largest absolute Gasteiger partial charge is 0.481 e. The highest BCUT2D eigenvalue weighted by Crippen LogP contribution is 2.51. The van der Waals surface area contributed by atoms with Gasteiger partial charge in [0, 0.05) is 0 Å². The first-order chi connectivity index (χ1) is 6.89. The fourth-order valence-corrected chi connectivity index (χ4v) is 1.18. The van der Waals surface area contributed by atoms with E-state index >= 15 is 0 Å². The molecule has 2 nitrogen and oxygen atoms in total. The van der Waals surface area contributed by atoms with Crippen LogP contribution in [0.2, 0.25) is 0 Å². The van der Waals surface area contributed by atoms with E-state index in [1.54, 1.807) is 0 Å². The Hall–Kier alpha value is -1.02. The van der Waals surface area contributed by atoms with Crippen LogP contribution in [0.5, 0.6) is 0 Å². The van der Waals surface area contributed by atoms with Crippen LogP contribution in [0.15, 0.2) is 0 Å². The summed E-state index contributed by atoms with van der Waals surface area (Å²) in [4.78, 5) is 10.2. The first-order valence-corrected chi connectivity index (χ1v) is 3.94. The van der Waals surface area contributed by atoms with Gasteiger partial charge in [0.25, 0.3) is 0 Å². The maximum Gasteiger partial charge on any atom is 0.432 e. The fourth-order valence-electron chi connectivity index (χ4n) is 1.18. The summed E-state index contributed by atoms with van der Waals surface area (Å²) >= 11 is 0. The summed E-state index contributed by atoms with van der Waals surface area (Å²) in [6.07, 6.45) is -13.8. The zero-order chi connectivity index (χ0) is 13.4. The predicted octanol–water partition coefficient (Wildman–Crippen LogP) is 2.93. The Morgan fingerprint density at radius 3 is 1.44 bits per heavy atom. The molecule has 0 rings (SSSR count). The van der Waals surface area contributed by atoms with Gasteiger partial charge in [0.05, 0.1) is 0 Å². The van der Waals surface area contributed by atoms with Crippen molar-refractivity contribution in [2.75, 3.05) is 0 Å². The van der Waals surface area contributed by atoms with E-state index in [0.717, 1.165) is 6.92 Å². The summed E-state index contributed by atoms with van der Waals surface area (Å²) in [5, 5.41) is 8.20. The highest BCUT2D eigenvalue weighted by molar-refractivity contribution is 5.72. The summed E-state index contributed by atoms with van der Waals surface area (Å²) in [5.41, 5.74) is -5.74. The van der Waals surface area contributed by atoms with E-state index in [4.69, 9.17) is 5.11 Å². The SMILES string of the molecule is CCC(C(=O)O)C(F)(C(F)(F)F)C(F)(F)F. The highest BCUT2D eigenvalue weighted by Gasteiger charge is 2.77. The lowest BCUT2D eigenvalue weighted by atomic mass is 9.85. The van der Waals surface area contributed by atoms with Crippen molar-refractivity contribution in [2.45, 2.75) is 31.4 Å². The number of aliphatic carboxylic acids is 1. The zero-order valence-electron chi connectivity index (χ0n) is 7.79. The van der Waals surface area contributed by atoms with Gasteiger partial charge in [-0.15, -0.1) is 0 Å². The van der Waals surface area contributed by atoms with Crippen LogP contribution in [-0.2, 0) is 4.79 Å². The quantitative estimate of drug-likeness (QED) is 0.788. The summed E-state index contributed by atoms with van der Waals surface area (Å²) in [6, 6.07) is 0. The van der Waals surface area contributed by atoms with Crippen LogP contribution in [0.25, 0.3) is 0 Å². The third-order valence-electron chi connectivity index (χ3n) is 2.01. The molecule has 0 aromatic heterocycles. The number of carbonyl (C=O) groups is 1. The van der Waals surface area contributed by atoms with Crippen molar-refractivity contribution >= 4 is 5.97 Å². The van der Waals surface area contributed by atoms with Crippen LogP contribution in [0.4, 0.5) is 30.7 Å². The molecule has 0 aromatic rings. The van der Waals surface area contributed by atoms with Crippen LogP contribution < -0.4 is 0 Å². The van der Waals surface area contributed by atoms with Crippen LogP contribution in [0.3, 0.4) is 0 Å². The summed E-state index contributed by atoms with van der Waals surface area (Å²) < 4.78 is 85.3. The molecular weight excluding hydrogens is 249 g/mol. The molecule has 1 atom stereocenters. The second kappa shape index (κ2) is 4.10. The molecule has 0 radical (unpaired) electrons. The molecule has 96 valence electrons. The molecule has 0 aliphatic rings. The summed E-state index contributed by atoms with van der Waals surface area (Å²) in [7, 11) is 0. The van der Waals surface area contributed by atoms with Crippen molar-refractivity contribution in [3.8, 4) is 0 Å². The van der Waals surface area contributed by atoms with Crippen molar-refractivity contribution in [1.82, 2.24) is 0 Å². The molecule has 0 aliphatic carbocycles. The van der Waals surface area contributed by atoms with E-state index < -0.39 is 36.3 Å². The maximum absolute atomic E-state index is 13.1. The van der Waals surface area contributed by atoms with Gasteiger partial charge in [0.1, 0.15) is 5.92 Å². The molecule has 0 bridgehead atoms. The van der Waals surface area contributed by atoms with Crippen molar-refractivity contribution in [2.24, 2.45) is 5.92 Å². The van der Waals surface area contributed by atoms with Gasteiger partial charge in [-0.25, -0.2) is 4.39 Å². The molecule has 0 spiro atoms. The van der Waals surface area contributed by atoms with E-state index in [9.17, 15) is 35.5 Å². The second-order valence-corrected chi connectivity index (χ2v) is 3.01. The van der Waals surface area contributed by atoms with Crippen LogP contribution in [0.1, 0.15) is 13.3 Å². The minimum Gasteiger partial charge on any atom is -0.481 e. The topological polar surface area (TPSA) is 37.3 Å². The highest BCUT2D eigenvalue weighted by atomic mass is 19.4. The van der Waals surface area contributed by atoms with Gasteiger partial charge < -0.3 is 5.11 Å². The second-order valence-electron chi connectivity index (χ2n) is 3.01. The van der Waals surface area contributed by atoms with Gasteiger partial charge in [-0.3, -0.25) is 4.79 Å². The van der Waals surface area contributed by atoms with Crippen molar-refractivity contribution in [3.63, 3.8) is 0 Å². The van der Waals surface area contributed by atoms with Crippen molar-refractivity contribution in [3.05, 3.63) is 0 Å². The maximum atomic E-state index is 13.1. The number of halogens is 7. The molecule has 9 heteroatoms. The van der Waals surface area contributed by atoms with Crippen molar-refractivity contribution < 1.29 is 40.6 Å². The third kappa shape index (κ3) is 2.22. The number of carboxylic acid groups (broad SMARTS) is 1. The van der Waals surface area contributed by atoms with Crippen LogP contribution in [-0.4, -0.2) is 29.1 Å². The smallest absolute Gasteiger partial charge is 0.432 e. The van der Waals surface area contributed by atoms with Gasteiger partial charge in [0.2, 0.25) is 0 Å². The molecule has 1 unspecified atom stereocenters. The normalized spacial score (nSPS) is 16.0. The Morgan fingerprint density at radius 1 is 1.06 bits per heavy atom. The van der Waals surface area contributed by atoms with E-state index in [-0.39, 0.29) is 0 Å². The van der Waals surface area contributed by atoms with E-state index in [0.29, 0.717) is 0 Å². The fraction of sp³-hybridized carbons (Fsp3) is 0.857. The average molecular weight is 256 g/mol. The Kier molecular flexibility index (Phi) is 3.83. The molecule has 0 aliphatic heterocycles. The lowest BCUT2D eigenvalue weighted by Crippen LogP contribution is -2.60. The molecule has 16 heavy (non-hydrogen) atoms. The molecule has 0 fully saturated rings. The monoisotopic (exact) mass is 256 g/mol. The first kappa shape index (κ1) is 15.0. The third-order valence-corrected chi connectivity index (χ3v) is 2.01. The number of rotatable bonds is 3. The molecule has 1 N–H and O–H groups in total. The number of hydrogen-bond acceptors (Lipinski definition) is 1. The van der Waals surface area contributed by atoms with Gasteiger partial charge >= 0.3 is 24.0 Å².